The van der Waals surface area contributed by atoms with Crippen LogP contribution in [0.2, 0.25) is 0 Å². The van der Waals surface area contributed by atoms with Crippen molar-refractivity contribution in [3.05, 3.63) is 0 Å². The number of carbonyl (C=O) groups excluding carboxylic acids is 1. The van der Waals surface area contributed by atoms with Crippen LogP contribution >= 0.6 is 0 Å². The molecule has 0 bridgehead atoms. The molecular formula is C12H27NO. The first-order valence-corrected chi connectivity index (χ1v) is 5.01. The molecule has 0 spiro atoms. The van der Waals surface area contributed by atoms with Crippen molar-refractivity contribution < 1.29 is 4.79 Å². The van der Waals surface area contributed by atoms with Crippen molar-refractivity contribution in [2.45, 2.75) is 60.3 Å². The molecule has 2 N–H and O–H groups in total. The van der Waals surface area contributed by atoms with E-state index in [2.05, 4.69) is 6.92 Å². The average molecular weight is 201 g/mol. The first kappa shape index (κ1) is 15.9. The van der Waals surface area contributed by atoms with Crippen LogP contribution < -0.4 is 5.73 Å². The maximum atomic E-state index is 11.1. The Morgan fingerprint density at radius 3 is 2.07 bits per heavy atom. The maximum absolute atomic E-state index is 11.1. The van der Waals surface area contributed by atoms with E-state index in [0.29, 0.717) is 5.92 Å². The summed E-state index contributed by atoms with van der Waals surface area (Å²) in [6.07, 6.45) is 7.24. The fraction of sp³-hybridized carbons (Fsp3) is 0.917. The lowest BCUT2D eigenvalue weighted by Gasteiger charge is -2.23. The van der Waals surface area contributed by atoms with E-state index < -0.39 is 0 Å². The zero-order valence-corrected chi connectivity index (χ0v) is 7.88. The van der Waals surface area contributed by atoms with E-state index in [4.69, 9.17) is 5.73 Å². The molecule has 1 rings (SSSR count). The smallest absolute Gasteiger partial charge is 0.220 e. The van der Waals surface area contributed by atoms with Gasteiger partial charge < -0.3 is 5.73 Å². The van der Waals surface area contributed by atoms with Gasteiger partial charge in [0.25, 0.3) is 0 Å². The standard InChI is InChI=1S/C10H19NO.2CH4/c1-8-6-4-2-3-5-7-9(8)10(11)12;;/h8-9H,2-7H2,1H3,(H2,11,12);2*1H4. The molecule has 2 unspecified atom stereocenters. The van der Waals surface area contributed by atoms with E-state index >= 15 is 0 Å². The van der Waals surface area contributed by atoms with Gasteiger partial charge in [0.1, 0.15) is 0 Å². The fourth-order valence-corrected chi connectivity index (χ4v) is 2.09. The lowest BCUT2D eigenvalue weighted by atomic mass is 9.82. The summed E-state index contributed by atoms with van der Waals surface area (Å²) in [5, 5.41) is 0. The third-order valence-corrected chi connectivity index (χ3v) is 2.98. The largest absolute Gasteiger partial charge is 0.369 e. The summed E-state index contributed by atoms with van der Waals surface area (Å²) in [7, 11) is 0. The van der Waals surface area contributed by atoms with Gasteiger partial charge in [0, 0.05) is 5.92 Å². The van der Waals surface area contributed by atoms with Crippen LogP contribution in [-0.4, -0.2) is 5.91 Å². The quantitative estimate of drug-likeness (QED) is 0.694. The summed E-state index contributed by atoms with van der Waals surface area (Å²) in [6.45, 7) is 2.15. The first-order valence-electron chi connectivity index (χ1n) is 5.01. The van der Waals surface area contributed by atoms with Gasteiger partial charge in [0.2, 0.25) is 5.91 Å². The van der Waals surface area contributed by atoms with E-state index in [1.165, 1.54) is 32.1 Å². The Kier molecular flexibility index (Phi) is 8.91. The van der Waals surface area contributed by atoms with E-state index in [9.17, 15) is 4.79 Å². The van der Waals surface area contributed by atoms with Crippen LogP contribution in [0.1, 0.15) is 60.3 Å². The molecular weight excluding hydrogens is 174 g/mol. The van der Waals surface area contributed by atoms with Gasteiger partial charge in [-0.2, -0.15) is 0 Å². The minimum atomic E-state index is -0.0931. The Morgan fingerprint density at radius 1 is 1.07 bits per heavy atom. The van der Waals surface area contributed by atoms with E-state index in [1.54, 1.807) is 0 Å². The third kappa shape index (κ3) is 4.64. The summed E-state index contributed by atoms with van der Waals surface area (Å²) < 4.78 is 0. The van der Waals surface area contributed by atoms with E-state index in [-0.39, 0.29) is 26.7 Å². The number of nitrogens with two attached hydrogens (primary N) is 1. The molecule has 0 heterocycles. The molecule has 0 aliphatic heterocycles. The monoisotopic (exact) mass is 201 g/mol. The predicted octanol–water partition coefficient (Wildman–Crippen LogP) is 3.35. The normalized spacial score (nSPS) is 27.5. The van der Waals surface area contributed by atoms with Crippen LogP contribution in [0.25, 0.3) is 0 Å². The molecule has 1 fully saturated rings. The Labute approximate surface area is 89.3 Å². The molecule has 0 aromatic heterocycles. The third-order valence-electron chi connectivity index (χ3n) is 2.98. The zero-order valence-electron chi connectivity index (χ0n) is 7.88. The minimum Gasteiger partial charge on any atom is -0.369 e. The number of primary amides is 1. The number of amides is 1. The summed E-state index contributed by atoms with van der Waals surface area (Å²) >= 11 is 0. The highest BCUT2D eigenvalue weighted by atomic mass is 16.1. The number of rotatable bonds is 1. The highest BCUT2D eigenvalue weighted by Crippen LogP contribution is 2.26. The molecule has 1 saturated carbocycles. The summed E-state index contributed by atoms with van der Waals surface area (Å²) in [6, 6.07) is 0. The van der Waals surface area contributed by atoms with Gasteiger partial charge in [0.05, 0.1) is 0 Å². The molecule has 1 amide bonds. The molecule has 1 aliphatic rings. The number of hydrogen-bond acceptors (Lipinski definition) is 1. The topological polar surface area (TPSA) is 43.1 Å². The van der Waals surface area contributed by atoms with Gasteiger partial charge in [-0.1, -0.05) is 47.5 Å². The van der Waals surface area contributed by atoms with Crippen molar-refractivity contribution in [2.75, 3.05) is 0 Å². The van der Waals surface area contributed by atoms with E-state index in [0.717, 1.165) is 6.42 Å². The molecule has 0 saturated heterocycles. The summed E-state index contributed by atoms with van der Waals surface area (Å²) in [5.74, 6) is 0.553. The van der Waals surface area contributed by atoms with Gasteiger partial charge in [-0.3, -0.25) is 4.79 Å². The molecule has 0 aromatic carbocycles. The second-order valence-electron chi connectivity index (χ2n) is 3.98. The van der Waals surface area contributed by atoms with Gasteiger partial charge in [-0.05, 0) is 18.8 Å². The van der Waals surface area contributed by atoms with Crippen molar-refractivity contribution in [3.8, 4) is 0 Å². The van der Waals surface area contributed by atoms with Crippen molar-refractivity contribution in [1.29, 1.82) is 0 Å². The van der Waals surface area contributed by atoms with Crippen molar-refractivity contribution in [2.24, 2.45) is 17.6 Å². The SMILES string of the molecule is C.C.CC1CCCCCCC1C(N)=O. The maximum Gasteiger partial charge on any atom is 0.220 e. The Hall–Kier alpha value is -0.530. The van der Waals surface area contributed by atoms with Crippen molar-refractivity contribution in [1.82, 2.24) is 0 Å². The molecule has 1 aliphatic carbocycles. The van der Waals surface area contributed by atoms with Crippen LogP contribution in [0.4, 0.5) is 0 Å². The molecule has 14 heavy (non-hydrogen) atoms. The summed E-state index contributed by atoms with van der Waals surface area (Å²) in [4.78, 5) is 11.1. The molecule has 0 radical (unpaired) electrons. The second-order valence-corrected chi connectivity index (χ2v) is 3.98. The number of hydrogen-bond donors (Lipinski definition) is 1. The number of carbonyl (C=O) groups is 1. The Morgan fingerprint density at radius 2 is 1.57 bits per heavy atom. The minimum absolute atomic E-state index is 0. The lowest BCUT2D eigenvalue weighted by Crippen LogP contribution is -2.29. The molecule has 2 heteroatoms. The van der Waals surface area contributed by atoms with Gasteiger partial charge >= 0.3 is 0 Å². The summed E-state index contributed by atoms with van der Waals surface area (Å²) in [5.41, 5.74) is 5.34. The van der Waals surface area contributed by atoms with Gasteiger partial charge in [-0.15, -0.1) is 0 Å². The molecule has 86 valence electrons. The van der Waals surface area contributed by atoms with Crippen LogP contribution in [0.3, 0.4) is 0 Å². The van der Waals surface area contributed by atoms with Crippen molar-refractivity contribution >= 4 is 5.91 Å². The predicted molar refractivity (Wildman–Crippen MR) is 63.0 cm³/mol. The Balaban J connectivity index is 0. The van der Waals surface area contributed by atoms with Gasteiger partial charge in [-0.25, -0.2) is 0 Å². The van der Waals surface area contributed by atoms with Crippen LogP contribution in [-0.2, 0) is 4.79 Å². The molecule has 2 atom stereocenters. The second kappa shape index (κ2) is 7.84. The van der Waals surface area contributed by atoms with Crippen LogP contribution in [0, 0.1) is 11.8 Å². The van der Waals surface area contributed by atoms with Crippen LogP contribution in [0.5, 0.6) is 0 Å². The highest BCUT2D eigenvalue weighted by molar-refractivity contribution is 5.76. The zero-order chi connectivity index (χ0) is 8.97. The fourth-order valence-electron chi connectivity index (χ4n) is 2.09. The molecule has 0 aromatic rings. The highest BCUT2D eigenvalue weighted by Gasteiger charge is 2.23. The molecule has 2 nitrogen and oxygen atoms in total. The van der Waals surface area contributed by atoms with E-state index in [1.807, 2.05) is 0 Å². The average Bonchev–Trinajstić information content (AvgIpc) is 1.96. The first-order chi connectivity index (χ1) is 5.72. The lowest BCUT2D eigenvalue weighted by molar-refractivity contribution is -0.123. The van der Waals surface area contributed by atoms with Crippen molar-refractivity contribution in [3.63, 3.8) is 0 Å². The van der Waals surface area contributed by atoms with Gasteiger partial charge in [0.15, 0.2) is 0 Å². The Bertz CT molecular complexity index is 156. The van der Waals surface area contributed by atoms with Crippen LogP contribution in [0.15, 0.2) is 0 Å².